The molecule has 2 aromatic carbocycles. The molecule has 0 heterocycles. The van der Waals surface area contributed by atoms with Crippen LogP contribution in [0.1, 0.15) is 25.0 Å². The molecule has 0 aliphatic heterocycles. The molecule has 0 saturated carbocycles. The Hall–Kier alpha value is -1.85. The van der Waals surface area contributed by atoms with Crippen molar-refractivity contribution in [2.24, 2.45) is 0 Å². The second-order valence-corrected chi connectivity index (χ2v) is 8.00. The van der Waals surface area contributed by atoms with Crippen LogP contribution < -0.4 is 4.72 Å². The molecule has 0 bridgehead atoms. The van der Waals surface area contributed by atoms with Gasteiger partial charge in [0.25, 0.3) is 10.0 Å². The molecule has 0 fully saturated rings. The van der Waals surface area contributed by atoms with Crippen molar-refractivity contribution >= 4 is 27.5 Å². The maximum Gasteiger partial charge on any atom is 0.264 e. The molecule has 0 aliphatic rings. The summed E-state index contributed by atoms with van der Waals surface area (Å²) in [6, 6.07) is 13.1. The van der Waals surface area contributed by atoms with Crippen LogP contribution in [0.25, 0.3) is 0 Å². The van der Waals surface area contributed by atoms with Crippen molar-refractivity contribution in [1.29, 1.82) is 0 Å². The molecule has 4 nitrogen and oxygen atoms in total. The number of nitrogens with one attached hydrogen (secondary N) is 1. The fourth-order valence-corrected chi connectivity index (χ4v) is 3.34. The van der Waals surface area contributed by atoms with E-state index >= 15 is 0 Å². The van der Waals surface area contributed by atoms with Crippen LogP contribution in [0, 0.1) is 6.92 Å². The smallest absolute Gasteiger partial charge is 0.264 e. The van der Waals surface area contributed by atoms with Gasteiger partial charge in [-0.2, -0.15) is 0 Å². The maximum atomic E-state index is 12.5. The van der Waals surface area contributed by atoms with E-state index in [2.05, 4.69) is 4.72 Å². The summed E-state index contributed by atoms with van der Waals surface area (Å²) in [5.74, 6) is -0.611. The lowest BCUT2D eigenvalue weighted by atomic mass is 9.84. The summed E-state index contributed by atoms with van der Waals surface area (Å²) in [6.45, 7) is 5.16. The summed E-state index contributed by atoms with van der Waals surface area (Å²) < 4.78 is 26.8. The zero-order valence-corrected chi connectivity index (χ0v) is 14.7. The Bertz CT molecular complexity index is 827. The van der Waals surface area contributed by atoms with Crippen molar-refractivity contribution in [3.63, 3.8) is 0 Å². The molecule has 23 heavy (non-hydrogen) atoms. The molecular weight excluding hydrogens is 334 g/mol. The quantitative estimate of drug-likeness (QED) is 0.917. The first-order valence-electron chi connectivity index (χ1n) is 7.03. The second-order valence-electron chi connectivity index (χ2n) is 5.88. The van der Waals surface area contributed by atoms with Crippen molar-refractivity contribution in [3.05, 3.63) is 64.7 Å². The normalized spacial score (nSPS) is 12.0. The van der Waals surface area contributed by atoms with Crippen LogP contribution in [0.2, 0.25) is 5.02 Å². The van der Waals surface area contributed by atoms with Crippen LogP contribution in [0.3, 0.4) is 0 Å². The Morgan fingerprint density at radius 3 is 2.26 bits per heavy atom. The zero-order valence-electron chi connectivity index (χ0n) is 13.1. The van der Waals surface area contributed by atoms with Gasteiger partial charge in [0.05, 0.1) is 10.3 Å². The van der Waals surface area contributed by atoms with Crippen LogP contribution in [-0.4, -0.2) is 14.3 Å². The second kappa shape index (κ2) is 6.34. The number of amides is 1. The number of benzene rings is 2. The van der Waals surface area contributed by atoms with Gasteiger partial charge in [0.2, 0.25) is 5.91 Å². The highest BCUT2D eigenvalue weighted by Gasteiger charge is 2.33. The average Bonchev–Trinajstić information content (AvgIpc) is 2.47. The van der Waals surface area contributed by atoms with Gasteiger partial charge in [-0.25, -0.2) is 13.1 Å². The Balaban J connectivity index is 2.28. The number of halogens is 1. The third-order valence-electron chi connectivity index (χ3n) is 3.67. The lowest BCUT2D eigenvalue weighted by Crippen LogP contribution is -2.43. The van der Waals surface area contributed by atoms with Crippen LogP contribution in [0.4, 0.5) is 0 Å². The minimum Gasteiger partial charge on any atom is -0.273 e. The van der Waals surface area contributed by atoms with Crippen molar-refractivity contribution in [1.82, 2.24) is 4.72 Å². The fourth-order valence-electron chi connectivity index (χ4n) is 2.03. The molecule has 2 aromatic rings. The number of hydrogen-bond acceptors (Lipinski definition) is 3. The van der Waals surface area contributed by atoms with E-state index in [0.717, 1.165) is 5.56 Å². The van der Waals surface area contributed by atoms with E-state index in [1.54, 1.807) is 50.2 Å². The molecule has 0 aromatic heterocycles. The van der Waals surface area contributed by atoms with E-state index in [1.807, 2.05) is 6.92 Å². The SMILES string of the molecule is Cc1ccc(S(=O)(=O)NC(=O)C(C)(C)c2cccc(Cl)c2)cc1. The lowest BCUT2D eigenvalue weighted by Gasteiger charge is -2.24. The van der Waals surface area contributed by atoms with Crippen LogP contribution in [0.5, 0.6) is 0 Å². The lowest BCUT2D eigenvalue weighted by molar-refractivity contribution is -0.123. The number of carbonyl (C=O) groups is 1. The molecule has 1 N–H and O–H groups in total. The zero-order chi connectivity index (χ0) is 17.3. The molecule has 1 amide bonds. The number of rotatable bonds is 4. The highest BCUT2D eigenvalue weighted by Crippen LogP contribution is 2.26. The molecular formula is C17H18ClNO3S. The highest BCUT2D eigenvalue weighted by atomic mass is 35.5. The molecule has 6 heteroatoms. The van der Waals surface area contributed by atoms with Gasteiger partial charge in [-0.3, -0.25) is 4.79 Å². The predicted octanol–water partition coefficient (Wildman–Crippen LogP) is 3.43. The topological polar surface area (TPSA) is 63.2 Å². The third-order valence-corrected chi connectivity index (χ3v) is 5.25. The van der Waals surface area contributed by atoms with Crippen LogP contribution >= 0.6 is 11.6 Å². The molecule has 0 atom stereocenters. The predicted molar refractivity (Wildman–Crippen MR) is 91.0 cm³/mol. The van der Waals surface area contributed by atoms with Gasteiger partial charge in [-0.15, -0.1) is 0 Å². The Labute approximate surface area is 141 Å². The van der Waals surface area contributed by atoms with Gasteiger partial charge in [0.15, 0.2) is 0 Å². The first-order chi connectivity index (χ1) is 10.6. The number of hydrogen-bond donors (Lipinski definition) is 1. The summed E-state index contributed by atoms with van der Waals surface area (Å²) >= 11 is 5.95. The van der Waals surface area contributed by atoms with Crippen molar-refractivity contribution in [2.75, 3.05) is 0 Å². The highest BCUT2D eigenvalue weighted by molar-refractivity contribution is 7.90. The Kier molecular flexibility index (Phi) is 4.82. The molecule has 2 rings (SSSR count). The molecule has 0 saturated heterocycles. The average molecular weight is 352 g/mol. The van der Waals surface area contributed by atoms with Gasteiger partial charge in [0, 0.05) is 5.02 Å². The van der Waals surface area contributed by atoms with E-state index in [9.17, 15) is 13.2 Å². The summed E-state index contributed by atoms with van der Waals surface area (Å²) in [5.41, 5.74) is 0.541. The molecule has 122 valence electrons. The van der Waals surface area contributed by atoms with E-state index < -0.39 is 21.3 Å². The Morgan fingerprint density at radius 2 is 1.70 bits per heavy atom. The van der Waals surface area contributed by atoms with Gasteiger partial charge in [0.1, 0.15) is 0 Å². The van der Waals surface area contributed by atoms with E-state index in [-0.39, 0.29) is 4.90 Å². The van der Waals surface area contributed by atoms with Crippen LogP contribution in [0.15, 0.2) is 53.4 Å². The Morgan fingerprint density at radius 1 is 1.09 bits per heavy atom. The van der Waals surface area contributed by atoms with Gasteiger partial charge < -0.3 is 0 Å². The van der Waals surface area contributed by atoms with Gasteiger partial charge in [-0.05, 0) is 50.6 Å². The van der Waals surface area contributed by atoms with Crippen LogP contribution in [-0.2, 0) is 20.2 Å². The standard InChI is InChI=1S/C17H18ClNO3S/c1-12-7-9-15(10-8-12)23(21,22)19-16(20)17(2,3)13-5-4-6-14(18)11-13/h4-11H,1-3H3,(H,19,20). The largest absolute Gasteiger partial charge is 0.273 e. The minimum absolute atomic E-state index is 0.0540. The van der Waals surface area contributed by atoms with Gasteiger partial charge >= 0.3 is 0 Å². The molecule has 0 spiro atoms. The number of sulfonamides is 1. The fraction of sp³-hybridized carbons (Fsp3) is 0.235. The summed E-state index contributed by atoms with van der Waals surface area (Å²) in [4.78, 5) is 12.6. The molecule has 0 radical (unpaired) electrons. The third kappa shape index (κ3) is 3.92. The van der Waals surface area contributed by atoms with Gasteiger partial charge in [-0.1, -0.05) is 41.4 Å². The number of aryl methyl sites for hydroxylation is 1. The maximum absolute atomic E-state index is 12.5. The van der Waals surface area contributed by atoms with E-state index in [4.69, 9.17) is 11.6 Å². The monoisotopic (exact) mass is 351 g/mol. The number of carbonyl (C=O) groups excluding carboxylic acids is 1. The first kappa shape index (κ1) is 17.5. The summed E-state index contributed by atoms with van der Waals surface area (Å²) in [6.07, 6.45) is 0. The molecule has 0 unspecified atom stereocenters. The summed E-state index contributed by atoms with van der Waals surface area (Å²) in [7, 11) is -3.91. The summed E-state index contributed by atoms with van der Waals surface area (Å²) in [5, 5.41) is 0.491. The van der Waals surface area contributed by atoms with Crippen molar-refractivity contribution in [3.8, 4) is 0 Å². The van der Waals surface area contributed by atoms with E-state index in [1.165, 1.54) is 12.1 Å². The molecule has 0 aliphatic carbocycles. The van der Waals surface area contributed by atoms with E-state index in [0.29, 0.717) is 10.6 Å². The van der Waals surface area contributed by atoms with Crippen molar-refractivity contribution in [2.45, 2.75) is 31.1 Å². The minimum atomic E-state index is -3.91. The first-order valence-corrected chi connectivity index (χ1v) is 8.89. The van der Waals surface area contributed by atoms with Crippen molar-refractivity contribution < 1.29 is 13.2 Å².